The van der Waals surface area contributed by atoms with E-state index in [1.807, 2.05) is 68.7 Å². The van der Waals surface area contributed by atoms with Crippen LogP contribution in [-0.2, 0) is 16.1 Å². The molecule has 1 unspecified atom stereocenters. The lowest BCUT2D eigenvalue weighted by Gasteiger charge is -2.14. The summed E-state index contributed by atoms with van der Waals surface area (Å²) >= 11 is 0. The van der Waals surface area contributed by atoms with Gasteiger partial charge in [-0.3, -0.25) is 14.6 Å². The lowest BCUT2D eigenvalue weighted by atomic mass is 9.90. The first-order valence-electron chi connectivity index (χ1n) is 11.1. The molecule has 2 amide bonds. The molecule has 3 aromatic rings. The largest absolute Gasteiger partial charge is 0.348 e. The van der Waals surface area contributed by atoms with E-state index < -0.39 is 17.6 Å². The lowest BCUT2D eigenvalue weighted by Crippen LogP contribution is -2.22. The smallest absolute Gasteiger partial charge is 0.295 e. The quantitative estimate of drug-likeness (QED) is 0.441. The van der Waals surface area contributed by atoms with Gasteiger partial charge in [-0.1, -0.05) is 48.4 Å². The Bertz CT molecular complexity index is 1350. The van der Waals surface area contributed by atoms with Crippen LogP contribution < -0.4 is 10.6 Å². The molecule has 2 N–H and O–H groups in total. The molecule has 7 heteroatoms. The number of rotatable bonds is 5. The van der Waals surface area contributed by atoms with Crippen molar-refractivity contribution >= 4 is 28.9 Å². The van der Waals surface area contributed by atoms with E-state index in [9.17, 15) is 14.0 Å². The number of carbonyl (C=O) groups is 2. The fourth-order valence-corrected chi connectivity index (χ4v) is 3.92. The number of nitrogens with one attached hydrogen (secondary N) is 2. The molecule has 0 aliphatic carbocycles. The summed E-state index contributed by atoms with van der Waals surface area (Å²) in [5.74, 6) is 2.60. The number of hydrogen-bond donors (Lipinski definition) is 2. The number of anilines is 1. The van der Waals surface area contributed by atoms with Crippen molar-refractivity contribution in [3.05, 3.63) is 94.8 Å². The zero-order valence-corrected chi connectivity index (χ0v) is 19.7. The van der Waals surface area contributed by atoms with E-state index in [0.717, 1.165) is 17.7 Å². The second-order valence-corrected chi connectivity index (χ2v) is 8.44. The Balaban J connectivity index is 1.77. The van der Waals surface area contributed by atoms with E-state index in [2.05, 4.69) is 27.4 Å². The van der Waals surface area contributed by atoms with E-state index >= 15 is 0 Å². The molecule has 0 bridgehead atoms. The Hall–Kier alpha value is -4.28. The molecular formula is C28H25FN4O2. The number of halogens is 1. The maximum Gasteiger partial charge on any atom is 0.295 e. The second-order valence-electron chi connectivity index (χ2n) is 8.44. The Morgan fingerprint density at radius 1 is 1.11 bits per heavy atom. The van der Waals surface area contributed by atoms with Gasteiger partial charge < -0.3 is 15.5 Å². The molecule has 0 aromatic heterocycles. The van der Waals surface area contributed by atoms with Gasteiger partial charge in [-0.05, 0) is 55.1 Å². The zero-order chi connectivity index (χ0) is 24.9. The maximum absolute atomic E-state index is 14.9. The van der Waals surface area contributed by atoms with Gasteiger partial charge >= 0.3 is 0 Å². The summed E-state index contributed by atoms with van der Waals surface area (Å²) in [4.78, 5) is 31.5. The van der Waals surface area contributed by atoms with Crippen molar-refractivity contribution in [1.82, 2.24) is 10.2 Å². The first kappa shape index (κ1) is 23.9. The van der Waals surface area contributed by atoms with Crippen molar-refractivity contribution in [2.45, 2.75) is 12.5 Å². The molecule has 0 saturated carbocycles. The van der Waals surface area contributed by atoms with Crippen molar-refractivity contribution in [3.63, 3.8) is 0 Å². The Morgan fingerprint density at radius 2 is 1.83 bits per heavy atom. The highest BCUT2D eigenvalue weighted by atomic mass is 19.1. The van der Waals surface area contributed by atoms with Crippen LogP contribution in [0.4, 0.5) is 15.8 Å². The molecule has 0 radical (unpaired) electrons. The van der Waals surface area contributed by atoms with Crippen molar-refractivity contribution < 1.29 is 14.0 Å². The van der Waals surface area contributed by atoms with Gasteiger partial charge in [-0.25, -0.2) is 4.39 Å². The third-order valence-electron chi connectivity index (χ3n) is 5.54. The van der Waals surface area contributed by atoms with Gasteiger partial charge in [0.25, 0.3) is 5.91 Å². The van der Waals surface area contributed by atoms with E-state index in [0.29, 0.717) is 22.6 Å². The number of amides is 2. The van der Waals surface area contributed by atoms with Crippen LogP contribution in [0.15, 0.2) is 71.7 Å². The number of nitrogens with zero attached hydrogens (tertiary/aromatic N) is 2. The van der Waals surface area contributed by atoms with Crippen LogP contribution in [0.1, 0.15) is 28.2 Å². The third-order valence-corrected chi connectivity index (χ3v) is 5.54. The third kappa shape index (κ3) is 5.45. The molecule has 1 heterocycles. The standard InChI is InChI=1S/C28H25FN4O2/c1-30-25(34)14-11-20-15-24-22(16-23(20)29)26(28(35)32-24)27(19-7-5-4-6-8-19)31-21-12-9-18(10-13-21)17-33(2)3/h4-10,12-13,15-16,26H,17H2,1-3H3,(H,30,34)(H,32,35). The average Bonchev–Trinajstić information content (AvgIpc) is 3.16. The van der Waals surface area contributed by atoms with E-state index in [1.54, 1.807) is 0 Å². The summed E-state index contributed by atoms with van der Waals surface area (Å²) in [5.41, 5.74) is 4.08. The minimum atomic E-state index is -0.802. The summed E-state index contributed by atoms with van der Waals surface area (Å²) in [6.07, 6.45) is 0. The minimum absolute atomic E-state index is 0.0305. The predicted molar refractivity (Wildman–Crippen MR) is 135 cm³/mol. The van der Waals surface area contributed by atoms with Gasteiger partial charge in [0.05, 0.1) is 17.0 Å². The van der Waals surface area contributed by atoms with Crippen LogP contribution in [0.2, 0.25) is 0 Å². The van der Waals surface area contributed by atoms with Crippen molar-refractivity contribution in [2.75, 3.05) is 26.5 Å². The fraction of sp³-hybridized carbons (Fsp3) is 0.179. The Labute approximate surface area is 203 Å². The molecule has 35 heavy (non-hydrogen) atoms. The lowest BCUT2D eigenvalue weighted by molar-refractivity contribution is -0.116. The number of aliphatic imine (C=N–C) groups is 1. The first-order valence-corrected chi connectivity index (χ1v) is 11.1. The highest BCUT2D eigenvalue weighted by Crippen LogP contribution is 2.37. The summed E-state index contributed by atoms with van der Waals surface area (Å²) in [6.45, 7) is 0.804. The molecule has 0 saturated heterocycles. The highest BCUT2D eigenvalue weighted by molar-refractivity contribution is 6.24. The summed E-state index contributed by atoms with van der Waals surface area (Å²) in [5, 5.41) is 5.19. The number of benzene rings is 3. The highest BCUT2D eigenvalue weighted by Gasteiger charge is 2.36. The van der Waals surface area contributed by atoms with E-state index in [-0.39, 0.29) is 11.5 Å². The van der Waals surface area contributed by atoms with E-state index in [1.165, 1.54) is 19.2 Å². The maximum atomic E-state index is 14.9. The molecule has 1 atom stereocenters. The Kier molecular flexibility index (Phi) is 7.04. The summed E-state index contributed by atoms with van der Waals surface area (Å²) in [7, 11) is 5.45. The first-order chi connectivity index (χ1) is 16.9. The number of fused-ring (bicyclic) bond motifs is 1. The molecule has 0 fully saturated rings. The minimum Gasteiger partial charge on any atom is -0.348 e. The van der Waals surface area contributed by atoms with E-state index in [4.69, 9.17) is 4.99 Å². The van der Waals surface area contributed by atoms with Crippen LogP contribution in [0.3, 0.4) is 0 Å². The van der Waals surface area contributed by atoms with Crippen LogP contribution in [-0.4, -0.2) is 43.6 Å². The van der Waals surface area contributed by atoms with Crippen molar-refractivity contribution in [2.24, 2.45) is 4.99 Å². The predicted octanol–water partition coefficient (Wildman–Crippen LogP) is 3.84. The normalized spacial score (nSPS) is 14.7. The van der Waals surface area contributed by atoms with Gasteiger partial charge in [0.2, 0.25) is 5.91 Å². The van der Waals surface area contributed by atoms with Crippen molar-refractivity contribution in [3.8, 4) is 11.8 Å². The average molecular weight is 469 g/mol. The molecule has 0 spiro atoms. The summed E-state index contributed by atoms with van der Waals surface area (Å²) in [6, 6.07) is 20.0. The van der Waals surface area contributed by atoms with Crippen LogP contribution >= 0.6 is 0 Å². The monoisotopic (exact) mass is 468 g/mol. The van der Waals surface area contributed by atoms with Crippen LogP contribution in [0.5, 0.6) is 0 Å². The van der Waals surface area contributed by atoms with Gasteiger partial charge in [0, 0.05) is 25.2 Å². The number of hydrogen-bond acceptors (Lipinski definition) is 4. The molecule has 1 aliphatic heterocycles. The summed E-state index contributed by atoms with van der Waals surface area (Å²) < 4.78 is 14.9. The van der Waals surface area contributed by atoms with Crippen LogP contribution in [0.25, 0.3) is 0 Å². The number of carbonyl (C=O) groups excluding carboxylic acids is 2. The van der Waals surface area contributed by atoms with Gasteiger partial charge in [-0.2, -0.15) is 0 Å². The van der Waals surface area contributed by atoms with Gasteiger partial charge in [-0.15, -0.1) is 0 Å². The zero-order valence-electron chi connectivity index (χ0n) is 19.7. The molecule has 3 aromatic carbocycles. The molecule has 176 valence electrons. The SMILES string of the molecule is CNC(=O)C#Cc1cc2c(cc1F)C(C(=Nc1ccc(CN(C)C)cc1)c1ccccc1)C(=O)N2. The van der Waals surface area contributed by atoms with Gasteiger partial charge in [0.1, 0.15) is 11.7 Å². The van der Waals surface area contributed by atoms with Crippen molar-refractivity contribution in [1.29, 1.82) is 0 Å². The molecule has 6 nitrogen and oxygen atoms in total. The second kappa shape index (κ2) is 10.3. The van der Waals surface area contributed by atoms with Gasteiger partial charge in [0.15, 0.2) is 0 Å². The molecule has 1 aliphatic rings. The molecular weight excluding hydrogens is 443 g/mol. The topological polar surface area (TPSA) is 73.8 Å². The molecule has 4 rings (SSSR count). The van der Waals surface area contributed by atoms with Crippen LogP contribution in [0, 0.1) is 17.7 Å². The fourth-order valence-electron chi connectivity index (χ4n) is 3.92. The Morgan fingerprint density at radius 3 is 2.49 bits per heavy atom.